The fraction of sp³-hybridized carbons (Fsp3) is 0.235. The molecule has 0 amide bonds. The minimum atomic E-state index is 0.391. The number of hydrogen-bond donors (Lipinski definition) is 0. The van der Waals surface area contributed by atoms with Gasteiger partial charge in [-0.15, -0.1) is 0 Å². The first-order valence-corrected chi connectivity index (χ1v) is 7.70. The van der Waals surface area contributed by atoms with Crippen LogP contribution in [0.25, 0.3) is 0 Å². The summed E-state index contributed by atoms with van der Waals surface area (Å²) in [6.07, 6.45) is 0. The van der Waals surface area contributed by atoms with E-state index in [1.807, 2.05) is 31.2 Å². The predicted octanol–water partition coefficient (Wildman–Crippen LogP) is 4.18. The Hall–Kier alpha value is -2.19. The van der Waals surface area contributed by atoms with Crippen molar-refractivity contribution in [1.82, 2.24) is 0 Å². The van der Waals surface area contributed by atoms with Crippen LogP contribution in [-0.4, -0.2) is 19.8 Å². The maximum atomic E-state index is 8.91. The Labute approximate surface area is 138 Å². The van der Waals surface area contributed by atoms with E-state index in [9.17, 15) is 0 Å². The van der Waals surface area contributed by atoms with Gasteiger partial charge in [-0.25, -0.2) is 0 Å². The molecular weight excluding hydrogens is 346 g/mol. The number of rotatable bonds is 7. The summed E-state index contributed by atoms with van der Waals surface area (Å²) in [5.74, 6) is 1.97. The summed E-state index contributed by atoms with van der Waals surface area (Å²) in [4.78, 5) is 0. The van der Waals surface area contributed by atoms with E-state index in [0.717, 1.165) is 10.2 Å². The second-order valence-corrected chi connectivity index (χ2v) is 5.27. The van der Waals surface area contributed by atoms with Crippen molar-refractivity contribution in [1.29, 1.82) is 5.26 Å². The zero-order valence-corrected chi connectivity index (χ0v) is 13.8. The molecule has 0 radical (unpaired) electrons. The Morgan fingerprint density at radius 2 is 1.68 bits per heavy atom. The molecule has 22 heavy (non-hydrogen) atoms. The van der Waals surface area contributed by atoms with E-state index < -0.39 is 0 Å². The summed E-state index contributed by atoms with van der Waals surface area (Å²) in [6, 6.07) is 14.8. The average molecular weight is 362 g/mol. The van der Waals surface area contributed by atoms with Crippen molar-refractivity contribution >= 4 is 15.9 Å². The molecule has 0 aromatic heterocycles. The molecule has 0 fully saturated rings. The van der Waals surface area contributed by atoms with Gasteiger partial charge < -0.3 is 14.2 Å². The molecule has 0 saturated carbocycles. The molecule has 2 aromatic rings. The Morgan fingerprint density at radius 1 is 0.955 bits per heavy atom. The number of hydrogen-bond acceptors (Lipinski definition) is 4. The van der Waals surface area contributed by atoms with Gasteiger partial charge in [-0.1, -0.05) is 15.9 Å². The molecule has 2 aromatic carbocycles. The van der Waals surface area contributed by atoms with E-state index in [1.165, 1.54) is 0 Å². The van der Waals surface area contributed by atoms with Crippen LogP contribution >= 0.6 is 15.9 Å². The smallest absolute Gasteiger partial charge is 0.162 e. The first-order valence-electron chi connectivity index (χ1n) is 6.91. The highest BCUT2D eigenvalue weighted by atomic mass is 79.9. The van der Waals surface area contributed by atoms with E-state index in [-0.39, 0.29) is 0 Å². The molecule has 0 aliphatic carbocycles. The third-order valence-electron chi connectivity index (χ3n) is 2.80. The lowest BCUT2D eigenvalue weighted by Gasteiger charge is -2.12. The molecular formula is C17H16BrNO3. The van der Waals surface area contributed by atoms with Crippen molar-refractivity contribution in [2.45, 2.75) is 6.92 Å². The van der Waals surface area contributed by atoms with E-state index in [1.54, 1.807) is 18.2 Å². The van der Waals surface area contributed by atoms with Crippen LogP contribution in [0.5, 0.6) is 17.2 Å². The topological polar surface area (TPSA) is 51.5 Å². The van der Waals surface area contributed by atoms with Crippen molar-refractivity contribution in [2.24, 2.45) is 0 Å². The molecule has 0 unspecified atom stereocenters. The Balaban J connectivity index is 1.88. The SMILES string of the molecule is CCOc1cc(C#N)ccc1OCCOc1ccc(Br)cc1. The van der Waals surface area contributed by atoms with Crippen LogP contribution in [0.4, 0.5) is 0 Å². The van der Waals surface area contributed by atoms with Crippen LogP contribution in [0.1, 0.15) is 12.5 Å². The largest absolute Gasteiger partial charge is 0.490 e. The summed E-state index contributed by atoms with van der Waals surface area (Å²) in [5, 5.41) is 8.91. The molecule has 0 N–H and O–H groups in total. The van der Waals surface area contributed by atoms with E-state index in [4.69, 9.17) is 19.5 Å². The summed E-state index contributed by atoms with van der Waals surface area (Å²) in [5.41, 5.74) is 0.543. The number of nitrogens with zero attached hydrogens (tertiary/aromatic N) is 1. The molecule has 0 spiro atoms. The molecule has 0 atom stereocenters. The second-order valence-electron chi connectivity index (χ2n) is 4.36. The van der Waals surface area contributed by atoms with E-state index in [0.29, 0.717) is 36.9 Å². The molecule has 0 saturated heterocycles. The zero-order chi connectivity index (χ0) is 15.8. The summed E-state index contributed by atoms with van der Waals surface area (Å²) in [7, 11) is 0. The van der Waals surface area contributed by atoms with Crippen LogP contribution in [0.3, 0.4) is 0 Å². The van der Waals surface area contributed by atoms with Crippen LogP contribution in [0.15, 0.2) is 46.9 Å². The summed E-state index contributed by atoms with van der Waals surface area (Å²) in [6.45, 7) is 3.22. The van der Waals surface area contributed by atoms with Crippen molar-refractivity contribution in [3.8, 4) is 23.3 Å². The number of halogens is 1. The van der Waals surface area contributed by atoms with Gasteiger partial charge in [0.2, 0.25) is 0 Å². The van der Waals surface area contributed by atoms with Gasteiger partial charge in [-0.05, 0) is 43.3 Å². The second kappa shape index (κ2) is 8.30. The van der Waals surface area contributed by atoms with Gasteiger partial charge in [0, 0.05) is 10.5 Å². The molecule has 5 heteroatoms. The summed E-state index contributed by atoms with van der Waals surface area (Å²) < 4.78 is 17.7. The van der Waals surface area contributed by atoms with Crippen molar-refractivity contribution < 1.29 is 14.2 Å². The van der Waals surface area contributed by atoms with Crippen LogP contribution in [-0.2, 0) is 0 Å². The van der Waals surface area contributed by atoms with Gasteiger partial charge in [0.1, 0.15) is 19.0 Å². The third kappa shape index (κ3) is 4.68. The normalized spacial score (nSPS) is 9.86. The van der Waals surface area contributed by atoms with Crippen molar-refractivity contribution in [3.63, 3.8) is 0 Å². The van der Waals surface area contributed by atoms with Gasteiger partial charge >= 0.3 is 0 Å². The van der Waals surface area contributed by atoms with Gasteiger partial charge in [-0.2, -0.15) is 5.26 Å². The van der Waals surface area contributed by atoms with E-state index in [2.05, 4.69) is 22.0 Å². The fourth-order valence-electron chi connectivity index (χ4n) is 1.81. The highest BCUT2D eigenvalue weighted by Gasteiger charge is 2.06. The number of benzene rings is 2. The summed E-state index contributed by atoms with van der Waals surface area (Å²) >= 11 is 3.38. The quantitative estimate of drug-likeness (QED) is 0.694. The van der Waals surface area contributed by atoms with Crippen molar-refractivity contribution in [3.05, 3.63) is 52.5 Å². The molecule has 0 aliphatic rings. The van der Waals surface area contributed by atoms with Crippen LogP contribution in [0, 0.1) is 11.3 Å². The lowest BCUT2D eigenvalue weighted by molar-refractivity contribution is 0.208. The van der Waals surface area contributed by atoms with Crippen LogP contribution < -0.4 is 14.2 Å². The maximum Gasteiger partial charge on any atom is 0.162 e. The highest BCUT2D eigenvalue weighted by molar-refractivity contribution is 9.10. The minimum Gasteiger partial charge on any atom is -0.490 e. The van der Waals surface area contributed by atoms with Gasteiger partial charge in [0.15, 0.2) is 11.5 Å². The third-order valence-corrected chi connectivity index (χ3v) is 3.32. The number of nitriles is 1. The lowest BCUT2D eigenvalue weighted by atomic mass is 10.2. The maximum absolute atomic E-state index is 8.91. The standard InChI is InChI=1S/C17H16BrNO3/c1-2-20-17-11-13(12-19)3-8-16(17)22-10-9-21-15-6-4-14(18)5-7-15/h3-8,11H,2,9-10H2,1H3. The molecule has 0 bridgehead atoms. The first-order chi connectivity index (χ1) is 10.7. The molecule has 4 nitrogen and oxygen atoms in total. The van der Waals surface area contributed by atoms with Crippen LogP contribution in [0.2, 0.25) is 0 Å². The highest BCUT2D eigenvalue weighted by Crippen LogP contribution is 2.28. The Bertz CT molecular complexity index is 650. The minimum absolute atomic E-state index is 0.391. The van der Waals surface area contributed by atoms with Gasteiger partial charge in [0.25, 0.3) is 0 Å². The lowest BCUT2D eigenvalue weighted by Crippen LogP contribution is -2.09. The Morgan fingerprint density at radius 3 is 2.36 bits per heavy atom. The van der Waals surface area contributed by atoms with E-state index >= 15 is 0 Å². The first kappa shape index (κ1) is 16.2. The van der Waals surface area contributed by atoms with Gasteiger partial charge in [-0.3, -0.25) is 0 Å². The molecule has 0 aliphatic heterocycles. The van der Waals surface area contributed by atoms with Gasteiger partial charge in [0.05, 0.1) is 18.2 Å². The predicted molar refractivity (Wildman–Crippen MR) is 87.5 cm³/mol. The average Bonchev–Trinajstić information content (AvgIpc) is 2.54. The molecule has 0 heterocycles. The van der Waals surface area contributed by atoms with Crippen molar-refractivity contribution in [2.75, 3.05) is 19.8 Å². The molecule has 2 rings (SSSR count). The fourth-order valence-corrected chi connectivity index (χ4v) is 2.07. The zero-order valence-electron chi connectivity index (χ0n) is 12.2. The molecule has 114 valence electrons. The Kier molecular flexibility index (Phi) is 6.11. The monoisotopic (exact) mass is 361 g/mol. The number of ether oxygens (including phenoxy) is 3.